The third kappa shape index (κ3) is 6.78. The molecule has 0 aromatic rings. The minimum atomic E-state index is -1.26. The van der Waals surface area contributed by atoms with Crippen LogP contribution in [0.3, 0.4) is 0 Å². The molecule has 0 saturated carbocycles. The Morgan fingerprint density at radius 3 is 2.23 bits per heavy atom. The summed E-state index contributed by atoms with van der Waals surface area (Å²) in [7, 11) is 2.96. The summed E-state index contributed by atoms with van der Waals surface area (Å²) in [5, 5.41) is 9.46. The number of carbonyl (C=O) groups excluding carboxylic acids is 3. The Morgan fingerprint density at radius 2 is 1.73 bits per heavy atom. The summed E-state index contributed by atoms with van der Waals surface area (Å²) in [5.41, 5.74) is 9.81. The standard InChI is InChI=1S/C18H32N6O6/c1-18(2,3)30-17(29)23(5)10-9-22(4)16(28)24-12(14(26)27)11(13(24)25)7-6-8-21-15(19)20/h11-12H,6-10H2,1-5H3,(H,26,27)(H4,19,20,21)/t11-,12+/m1/s1. The van der Waals surface area contributed by atoms with E-state index in [1.807, 2.05) is 0 Å². The molecule has 0 spiro atoms. The number of likely N-dealkylation sites (N-methyl/N-ethyl adjacent to an activating group) is 2. The maximum absolute atomic E-state index is 12.6. The molecule has 4 amide bonds. The summed E-state index contributed by atoms with van der Waals surface area (Å²) in [5.74, 6) is -2.70. The Labute approximate surface area is 175 Å². The van der Waals surface area contributed by atoms with Gasteiger partial charge in [-0.15, -0.1) is 0 Å². The first kappa shape index (κ1) is 25.0. The fourth-order valence-electron chi connectivity index (χ4n) is 2.86. The van der Waals surface area contributed by atoms with Crippen molar-refractivity contribution in [2.45, 2.75) is 45.3 Å². The molecule has 5 N–H and O–H groups in total. The number of hydrogen-bond donors (Lipinski definition) is 3. The molecule has 0 aliphatic carbocycles. The first-order valence-corrected chi connectivity index (χ1v) is 9.56. The highest BCUT2D eigenvalue weighted by molar-refractivity contribution is 6.07. The van der Waals surface area contributed by atoms with Crippen molar-refractivity contribution in [3.05, 3.63) is 0 Å². The monoisotopic (exact) mass is 428 g/mol. The Morgan fingerprint density at radius 1 is 1.17 bits per heavy atom. The number of imide groups is 1. The third-order valence-electron chi connectivity index (χ3n) is 4.44. The number of aliphatic carboxylic acids is 1. The topological polar surface area (TPSA) is 172 Å². The quantitative estimate of drug-likeness (QED) is 0.207. The second-order valence-electron chi connectivity index (χ2n) is 8.15. The lowest BCUT2D eigenvalue weighted by molar-refractivity contribution is -0.166. The fraction of sp³-hybridized carbons (Fsp3) is 0.722. The summed E-state index contributed by atoms with van der Waals surface area (Å²) in [6, 6.07) is -1.97. The van der Waals surface area contributed by atoms with Gasteiger partial charge in [0.2, 0.25) is 5.91 Å². The van der Waals surface area contributed by atoms with E-state index in [-0.39, 0.29) is 32.0 Å². The van der Waals surface area contributed by atoms with E-state index in [4.69, 9.17) is 16.2 Å². The van der Waals surface area contributed by atoms with Crippen LogP contribution in [0.1, 0.15) is 33.6 Å². The van der Waals surface area contributed by atoms with Gasteiger partial charge in [0.05, 0.1) is 5.92 Å². The van der Waals surface area contributed by atoms with E-state index >= 15 is 0 Å². The summed E-state index contributed by atoms with van der Waals surface area (Å²) in [4.78, 5) is 55.6. The number of aliphatic imine (C=N–C) groups is 1. The van der Waals surface area contributed by atoms with E-state index in [1.165, 1.54) is 23.9 Å². The van der Waals surface area contributed by atoms with Crippen molar-refractivity contribution in [3.63, 3.8) is 0 Å². The van der Waals surface area contributed by atoms with E-state index in [1.54, 1.807) is 20.8 Å². The number of amides is 4. The molecule has 2 atom stereocenters. The smallest absolute Gasteiger partial charge is 0.410 e. The zero-order valence-corrected chi connectivity index (χ0v) is 18.1. The molecule has 1 fully saturated rings. The van der Waals surface area contributed by atoms with Crippen LogP contribution in [0.25, 0.3) is 0 Å². The fourth-order valence-corrected chi connectivity index (χ4v) is 2.86. The van der Waals surface area contributed by atoms with E-state index in [0.29, 0.717) is 6.42 Å². The molecule has 1 aliphatic rings. The molecule has 170 valence electrons. The second-order valence-corrected chi connectivity index (χ2v) is 8.15. The van der Waals surface area contributed by atoms with Gasteiger partial charge in [0.25, 0.3) is 0 Å². The number of carboxylic acid groups (broad SMARTS) is 1. The van der Waals surface area contributed by atoms with Crippen molar-refractivity contribution in [3.8, 4) is 0 Å². The number of carbonyl (C=O) groups is 4. The van der Waals surface area contributed by atoms with Gasteiger partial charge in [-0.05, 0) is 33.6 Å². The zero-order chi connectivity index (χ0) is 23.2. The zero-order valence-electron chi connectivity index (χ0n) is 18.1. The SMILES string of the molecule is CN(CCN(C)C(=O)N1C(=O)[C@H](CCCN=C(N)N)[C@H]1C(=O)O)C(=O)OC(C)(C)C. The Bertz CT molecular complexity index is 700. The van der Waals surface area contributed by atoms with Gasteiger partial charge in [0.15, 0.2) is 12.0 Å². The highest BCUT2D eigenvalue weighted by Gasteiger charge is 2.54. The van der Waals surface area contributed by atoms with Crippen molar-refractivity contribution in [2.24, 2.45) is 22.4 Å². The molecule has 12 nitrogen and oxygen atoms in total. The molecule has 0 bridgehead atoms. The predicted molar refractivity (Wildman–Crippen MR) is 109 cm³/mol. The minimum absolute atomic E-state index is 0.0838. The van der Waals surface area contributed by atoms with E-state index in [9.17, 15) is 24.3 Å². The normalized spacial score (nSPS) is 18.3. The maximum atomic E-state index is 12.6. The molecule has 0 aromatic heterocycles. The van der Waals surface area contributed by atoms with Crippen LogP contribution in [0.15, 0.2) is 4.99 Å². The Hall–Kier alpha value is -3.05. The Kier molecular flexibility index (Phi) is 8.43. The summed E-state index contributed by atoms with van der Waals surface area (Å²) < 4.78 is 5.23. The number of nitrogens with zero attached hydrogens (tertiary/aromatic N) is 4. The van der Waals surface area contributed by atoms with Crippen LogP contribution in [0.2, 0.25) is 0 Å². The first-order valence-electron chi connectivity index (χ1n) is 9.56. The van der Waals surface area contributed by atoms with Crippen molar-refractivity contribution in [2.75, 3.05) is 33.7 Å². The van der Waals surface area contributed by atoms with Gasteiger partial charge < -0.3 is 31.1 Å². The summed E-state index contributed by atoms with van der Waals surface area (Å²) in [6.45, 7) is 5.74. The van der Waals surface area contributed by atoms with Crippen LogP contribution in [-0.2, 0) is 14.3 Å². The number of ether oxygens (including phenoxy) is 1. The summed E-state index contributed by atoms with van der Waals surface area (Å²) in [6.07, 6.45) is 0.116. The van der Waals surface area contributed by atoms with E-state index < -0.39 is 41.6 Å². The number of likely N-dealkylation sites (tertiary alicyclic amines) is 1. The van der Waals surface area contributed by atoms with E-state index in [2.05, 4.69) is 4.99 Å². The van der Waals surface area contributed by atoms with Crippen molar-refractivity contribution < 1.29 is 29.0 Å². The van der Waals surface area contributed by atoms with Crippen LogP contribution >= 0.6 is 0 Å². The average Bonchev–Trinajstić information content (AvgIpc) is 2.60. The number of β-lactam (4-membered cyclic amide) rings is 1. The van der Waals surface area contributed by atoms with E-state index in [0.717, 1.165) is 4.90 Å². The van der Waals surface area contributed by atoms with Gasteiger partial charge >= 0.3 is 18.1 Å². The Balaban J connectivity index is 2.64. The molecule has 30 heavy (non-hydrogen) atoms. The van der Waals surface area contributed by atoms with Gasteiger partial charge in [0.1, 0.15) is 5.60 Å². The van der Waals surface area contributed by atoms with Crippen molar-refractivity contribution in [1.82, 2.24) is 14.7 Å². The van der Waals surface area contributed by atoms with Gasteiger partial charge in [-0.1, -0.05) is 0 Å². The number of nitrogens with two attached hydrogens (primary N) is 2. The molecule has 12 heteroatoms. The lowest BCUT2D eigenvalue weighted by atomic mass is 9.84. The number of guanidine groups is 1. The molecular formula is C18H32N6O6. The molecule has 1 saturated heterocycles. The molecule has 1 aliphatic heterocycles. The van der Waals surface area contributed by atoms with Crippen LogP contribution in [0, 0.1) is 5.92 Å². The molecule has 0 radical (unpaired) electrons. The predicted octanol–water partition coefficient (Wildman–Crippen LogP) is -0.130. The van der Waals surface area contributed by atoms with Crippen LogP contribution < -0.4 is 11.5 Å². The van der Waals surface area contributed by atoms with Crippen LogP contribution in [0.5, 0.6) is 0 Å². The third-order valence-corrected chi connectivity index (χ3v) is 4.44. The first-order chi connectivity index (χ1) is 13.8. The van der Waals surface area contributed by atoms with Gasteiger partial charge in [-0.25, -0.2) is 19.3 Å². The molecule has 1 rings (SSSR count). The largest absolute Gasteiger partial charge is 0.480 e. The number of rotatable bonds is 8. The minimum Gasteiger partial charge on any atom is -0.480 e. The van der Waals surface area contributed by atoms with Crippen LogP contribution in [0.4, 0.5) is 9.59 Å². The molecule has 1 heterocycles. The lowest BCUT2D eigenvalue weighted by Gasteiger charge is -2.44. The van der Waals surface area contributed by atoms with Crippen molar-refractivity contribution >= 4 is 30.0 Å². The van der Waals surface area contributed by atoms with Gasteiger partial charge in [0, 0.05) is 33.7 Å². The highest BCUT2D eigenvalue weighted by Crippen LogP contribution is 2.31. The molecular weight excluding hydrogens is 396 g/mol. The van der Waals surface area contributed by atoms with Gasteiger partial charge in [-0.3, -0.25) is 9.79 Å². The summed E-state index contributed by atoms with van der Waals surface area (Å²) >= 11 is 0. The average molecular weight is 428 g/mol. The molecule has 0 aromatic carbocycles. The van der Waals surface area contributed by atoms with Crippen LogP contribution in [-0.4, -0.2) is 95.1 Å². The second kappa shape index (κ2) is 10.1. The lowest BCUT2D eigenvalue weighted by Crippen LogP contribution is -2.68. The number of hydrogen-bond acceptors (Lipinski definition) is 6. The maximum Gasteiger partial charge on any atom is 0.410 e. The van der Waals surface area contributed by atoms with Crippen molar-refractivity contribution in [1.29, 1.82) is 0 Å². The number of urea groups is 1. The highest BCUT2D eigenvalue weighted by atomic mass is 16.6. The number of carboxylic acids is 1. The molecule has 0 unspecified atom stereocenters. The van der Waals surface area contributed by atoms with Gasteiger partial charge in [-0.2, -0.15) is 0 Å².